The number of rotatable bonds is 2. The van der Waals surface area contributed by atoms with Crippen LogP contribution in [0.25, 0.3) is 0 Å². The lowest BCUT2D eigenvalue weighted by Crippen LogP contribution is -1.87. The van der Waals surface area contributed by atoms with E-state index in [1.807, 2.05) is 13.0 Å². The maximum atomic E-state index is 8.60. The molecule has 0 radical (unpaired) electrons. The molecule has 0 aliphatic carbocycles. The number of aromatic nitrogens is 2. The van der Waals surface area contributed by atoms with Crippen molar-refractivity contribution >= 4 is 11.8 Å². The van der Waals surface area contributed by atoms with Crippen LogP contribution < -0.4 is 0 Å². The van der Waals surface area contributed by atoms with Crippen LogP contribution in [0.4, 0.5) is 0 Å². The Morgan fingerprint density at radius 2 is 2.55 bits per heavy atom. The second-order valence-corrected chi connectivity index (χ2v) is 3.04. The summed E-state index contributed by atoms with van der Waals surface area (Å²) in [5.41, 5.74) is 0.555. The van der Waals surface area contributed by atoms with Crippen molar-refractivity contribution in [1.29, 1.82) is 5.26 Å². The number of nitriles is 1. The lowest BCUT2D eigenvalue weighted by molar-refractivity contribution is 1.03. The molecule has 0 atom stereocenters. The molecule has 1 heterocycles. The highest BCUT2D eigenvalue weighted by atomic mass is 32.2. The third-order valence-corrected chi connectivity index (χ3v) is 1.96. The van der Waals surface area contributed by atoms with Gasteiger partial charge in [-0.3, -0.25) is 0 Å². The lowest BCUT2D eigenvalue weighted by atomic mass is 10.4. The minimum atomic E-state index is 0.555. The first-order chi connectivity index (χ1) is 5.38. The number of hydrogen-bond donors (Lipinski definition) is 0. The van der Waals surface area contributed by atoms with Gasteiger partial charge >= 0.3 is 0 Å². The van der Waals surface area contributed by atoms with Crippen LogP contribution in [0.15, 0.2) is 17.6 Å². The van der Waals surface area contributed by atoms with Crippen molar-refractivity contribution in [2.24, 2.45) is 0 Å². The topological polar surface area (TPSA) is 49.6 Å². The minimum absolute atomic E-state index is 0.555. The first-order valence-corrected chi connectivity index (χ1v) is 4.20. The molecule has 0 unspecified atom stereocenters. The Balaban J connectivity index is 2.95. The molecular formula is C7H7N3S. The molecule has 1 aromatic heterocycles. The predicted octanol–water partition coefficient (Wildman–Crippen LogP) is 1.46. The van der Waals surface area contributed by atoms with E-state index in [1.165, 1.54) is 12.5 Å². The Hall–Kier alpha value is -1.08. The highest BCUT2D eigenvalue weighted by Crippen LogP contribution is 2.16. The first-order valence-electron chi connectivity index (χ1n) is 3.21. The van der Waals surface area contributed by atoms with E-state index >= 15 is 0 Å². The highest BCUT2D eigenvalue weighted by molar-refractivity contribution is 7.99. The van der Waals surface area contributed by atoms with Gasteiger partial charge in [0.1, 0.15) is 23.0 Å². The molecule has 1 aromatic rings. The second-order valence-electron chi connectivity index (χ2n) is 1.79. The zero-order valence-electron chi connectivity index (χ0n) is 6.11. The molecule has 0 aliphatic heterocycles. The summed E-state index contributed by atoms with van der Waals surface area (Å²) in [6.45, 7) is 2.02. The van der Waals surface area contributed by atoms with Gasteiger partial charge in [0.25, 0.3) is 0 Å². The summed E-state index contributed by atoms with van der Waals surface area (Å²) < 4.78 is 0. The average Bonchev–Trinajstić information content (AvgIpc) is 2.06. The molecule has 0 fully saturated rings. The molecule has 0 saturated carbocycles. The quantitative estimate of drug-likeness (QED) is 0.491. The van der Waals surface area contributed by atoms with Gasteiger partial charge in [0.15, 0.2) is 0 Å². The molecule has 0 N–H and O–H groups in total. The van der Waals surface area contributed by atoms with Crippen LogP contribution in [-0.2, 0) is 0 Å². The van der Waals surface area contributed by atoms with Crippen LogP contribution in [0.1, 0.15) is 12.5 Å². The maximum Gasteiger partial charge on any atom is 0.117 e. The van der Waals surface area contributed by atoms with Crippen molar-refractivity contribution < 1.29 is 0 Å². The molecule has 0 saturated heterocycles. The van der Waals surface area contributed by atoms with E-state index in [0.29, 0.717) is 5.56 Å². The minimum Gasteiger partial charge on any atom is -0.243 e. The zero-order valence-corrected chi connectivity index (χ0v) is 6.93. The Kier molecular flexibility index (Phi) is 2.87. The molecular weight excluding hydrogens is 158 g/mol. The molecule has 0 spiro atoms. The summed E-state index contributed by atoms with van der Waals surface area (Å²) in [7, 11) is 0. The van der Waals surface area contributed by atoms with E-state index in [1.54, 1.807) is 11.8 Å². The molecule has 56 valence electrons. The van der Waals surface area contributed by atoms with Gasteiger partial charge in [-0.05, 0) is 5.75 Å². The Morgan fingerprint density at radius 1 is 1.73 bits per heavy atom. The number of nitrogens with zero attached hydrogens (tertiary/aromatic N) is 3. The van der Waals surface area contributed by atoms with Crippen LogP contribution in [0.3, 0.4) is 0 Å². The molecule has 0 bridgehead atoms. The standard InChI is InChI=1S/C7H7N3S/c1-2-11-7-6(3-8)4-9-5-10-7/h4-5H,2H2,1H3. The molecule has 0 aromatic carbocycles. The van der Waals surface area contributed by atoms with Crippen LogP contribution in [0.2, 0.25) is 0 Å². The Labute approximate surface area is 69.5 Å². The highest BCUT2D eigenvalue weighted by Gasteiger charge is 2.00. The average molecular weight is 165 g/mol. The van der Waals surface area contributed by atoms with Crippen LogP contribution >= 0.6 is 11.8 Å². The molecule has 0 aliphatic rings. The normalized spacial score (nSPS) is 9.09. The largest absolute Gasteiger partial charge is 0.243 e. The Morgan fingerprint density at radius 3 is 3.18 bits per heavy atom. The van der Waals surface area contributed by atoms with Crippen LogP contribution in [0, 0.1) is 11.3 Å². The summed E-state index contributed by atoms with van der Waals surface area (Å²) in [5, 5.41) is 9.37. The van der Waals surface area contributed by atoms with Gasteiger partial charge in [0.05, 0.1) is 0 Å². The second kappa shape index (κ2) is 3.94. The fourth-order valence-corrected chi connectivity index (χ4v) is 1.30. The predicted molar refractivity (Wildman–Crippen MR) is 43.1 cm³/mol. The molecule has 4 heteroatoms. The van der Waals surface area contributed by atoms with Gasteiger partial charge in [-0.1, -0.05) is 6.92 Å². The lowest BCUT2D eigenvalue weighted by Gasteiger charge is -1.96. The summed E-state index contributed by atoms with van der Waals surface area (Å²) in [6.07, 6.45) is 2.99. The number of hydrogen-bond acceptors (Lipinski definition) is 4. The van der Waals surface area contributed by atoms with Crippen LogP contribution in [-0.4, -0.2) is 15.7 Å². The van der Waals surface area contributed by atoms with Crippen molar-refractivity contribution in [2.45, 2.75) is 11.9 Å². The Bertz CT molecular complexity index is 279. The maximum absolute atomic E-state index is 8.60. The molecule has 0 amide bonds. The van der Waals surface area contributed by atoms with Gasteiger partial charge in [-0.25, -0.2) is 9.97 Å². The SMILES string of the molecule is CCSc1ncncc1C#N. The van der Waals surface area contributed by atoms with Gasteiger partial charge in [0.2, 0.25) is 0 Å². The summed E-state index contributed by atoms with van der Waals surface area (Å²) >= 11 is 1.55. The van der Waals surface area contributed by atoms with Gasteiger partial charge < -0.3 is 0 Å². The van der Waals surface area contributed by atoms with E-state index in [2.05, 4.69) is 9.97 Å². The fraction of sp³-hybridized carbons (Fsp3) is 0.286. The zero-order chi connectivity index (χ0) is 8.10. The number of thioether (sulfide) groups is 1. The van der Waals surface area contributed by atoms with Crippen molar-refractivity contribution in [2.75, 3.05) is 5.75 Å². The van der Waals surface area contributed by atoms with Crippen molar-refractivity contribution in [3.63, 3.8) is 0 Å². The van der Waals surface area contributed by atoms with E-state index < -0.39 is 0 Å². The summed E-state index contributed by atoms with van der Waals surface area (Å²) in [5.74, 6) is 0.922. The van der Waals surface area contributed by atoms with E-state index in [9.17, 15) is 0 Å². The first kappa shape index (κ1) is 8.02. The third kappa shape index (κ3) is 1.92. The monoisotopic (exact) mass is 165 g/mol. The van der Waals surface area contributed by atoms with E-state index in [-0.39, 0.29) is 0 Å². The summed E-state index contributed by atoms with van der Waals surface area (Å²) in [4.78, 5) is 7.72. The fourth-order valence-electron chi connectivity index (χ4n) is 0.647. The van der Waals surface area contributed by atoms with E-state index in [0.717, 1.165) is 10.8 Å². The third-order valence-electron chi connectivity index (χ3n) is 1.08. The van der Waals surface area contributed by atoms with Crippen molar-refractivity contribution in [1.82, 2.24) is 9.97 Å². The van der Waals surface area contributed by atoms with Gasteiger partial charge in [-0.2, -0.15) is 5.26 Å². The molecule has 11 heavy (non-hydrogen) atoms. The van der Waals surface area contributed by atoms with Gasteiger partial charge in [-0.15, -0.1) is 11.8 Å². The molecule has 1 rings (SSSR count). The molecule has 3 nitrogen and oxygen atoms in total. The van der Waals surface area contributed by atoms with E-state index in [4.69, 9.17) is 5.26 Å². The van der Waals surface area contributed by atoms with Gasteiger partial charge in [0, 0.05) is 6.20 Å². The van der Waals surface area contributed by atoms with Crippen molar-refractivity contribution in [3.8, 4) is 6.07 Å². The van der Waals surface area contributed by atoms with Crippen molar-refractivity contribution in [3.05, 3.63) is 18.1 Å². The van der Waals surface area contributed by atoms with Crippen LogP contribution in [0.5, 0.6) is 0 Å². The summed E-state index contributed by atoms with van der Waals surface area (Å²) in [6, 6.07) is 2.03. The smallest absolute Gasteiger partial charge is 0.117 e.